The lowest BCUT2D eigenvalue weighted by Crippen LogP contribution is -2.44. The fraction of sp³-hybridized carbons (Fsp3) is 0.308. The zero-order chi connectivity index (χ0) is 23.0. The van der Waals surface area contributed by atoms with E-state index in [0.717, 1.165) is 43.1 Å². The fourth-order valence-electron chi connectivity index (χ4n) is 3.80. The zero-order valence-electron chi connectivity index (χ0n) is 18.8. The standard InChI is InChI=1S/C26H29ClN4OS/c1-30-13-15-31(16-14-30)24-12-7-20(17-28-24)18-29-25(32)19-33-26(21-5-3-2-4-6-21)22-8-10-23(27)11-9-22/h2-12,17,26H,13-16,18-19H2,1H3,(H,29,32). The molecule has 0 spiro atoms. The normalized spacial score (nSPS) is 15.3. The van der Waals surface area contributed by atoms with Gasteiger partial charge in [0.1, 0.15) is 5.82 Å². The predicted octanol–water partition coefficient (Wildman–Crippen LogP) is 4.63. The molecule has 0 aliphatic carbocycles. The molecule has 1 N–H and O–H groups in total. The summed E-state index contributed by atoms with van der Waals surface area (Å²) in [6.07, 6.45) is 1.86. The number of thioether (sulfide) groups is 1. The Morgan fingerprint density at radius 1 is 1.00 bits per heavy atom. The van der Waals surface area contributed by atoms with Crippen LogP contribution in [0.4, 0.5) is 5.82 Å². The van der Waals surface area contributed by atoms with E-state index in [1.807, 2.05) is 54.7 Å². The van der Waals surface area contributed by atoms with Crippen molar-refractivity contribution in [3.8, 4) is 0 Å². The minimum absolute atomic E-state index is 0.0121. The first-order valence-corrected chi connectivity index (χ1v) is 12.6. The quantitative estimate of drug-likeness (QED) is 0.509. The van der Waals surface area contributed by atoms with Crippen LogP contribution >= 0.6 is 23.4 Å². The summed E-state index contributed by atoms with van der Waals surface area (Å²) >= 11 is 7.69. The summed E-state index contributed by atoms with van der Waals surface area (Å²) in [5.41, 5.74) is 3.30. The molecular weight excluding hydrogens is 452 g/mol. The Kier molecular flexibility index (Phi) is 8.26. The number of nitrogens with one attached hydrogen (secondary N) is 1. The summed E-state index contributed by atoms with van der Waals surface area (Å²) < 4.78 is 0. The van der Waals surface area contributed by atoms with E-state index in [9.17, 15) is 4.79 Å². The summed E-state index contributed by atoms with van der Waals surface area (Å²) in [4.78, 5) is 21.8. The molecule has 1 atom stereocenters. The number of pyridine rings is 1. The maximum atomic E-state index is 12.6. The van der Waals surface area contributed by atoms with Gasteiger partial charge < -0.3 is 15.1 Å². The second-order valence-electron chi connectivity index (χ2n) is 8.24. The molecule has 4 rings (SSSR count). The van der Waals surface area contributed by atoms with Gasteiger partial charge in [-0.25, -0.2) is 4.98 Å². The van der Waals surface area contributed by atoms with Gasteiger partial charge in [0.05, 0.1) is 11.0 Å². The Morgan fingerprint density at radius 2 is 1.70 bits per heavy atom. The number of carbonyl (C=O) groups is 1. The van der Waals surface area contributed by atoms with Crippen LogP contribution in [0.5, 0.6) is 0 Å². The van der Waals surface area contributed by atoms with Crippen LogP contribution in [0.25, 0.3) is 0 Å². The van der Waals surface area contributed by atoms with Crippen molar-refractivity contribution in [2.45, 2.75) is 11.8 Å². The Morgan fingerprint density at radius 3 is 2.36 bits per heavy atom. The van der Waals surface area contributed by atoms with Crippen LogP contribution in [-0.4, -0.2) is 54.8 Å². The first-order chi connectivity index (χ1) is 16.1. The Balaban J connectivity index is 1.30. The molecule has 1 fully saturated rings. The minimum atomic E-state index is 0.0121. The SMILES string of the molecule is CN1CCN(c2ccc(CNC(=O)CSC(c3ccccc3)c3ccc(Cl)cc3)cn2)CC1. The van der Waals surface area contributed by atoms with Crippen molar-refractivity contribution < 1.29 is 4.79 Å². The molecule has 172 valence electrons. The molecule has 0 saturated carbocycles. The van der Waals surface area contributed by atoms with E-state index in [0.29, 0.717) is 17.3 Å². The van der Waals surface area contributed by atoms with Gasteiger partial charge in [0, 0.05) is 43.9 Å². The van der Waals surface area contributed by atoms with E-state index < -0.39 is 0 Å². The highest BCUT2D eigenvalue weighted by Crippen LogP contribution is 2.35. The summed E-state index contributed by atoms with van der Waals surface area (Å²) in [7, 11) is 2.15. The van der Waals surface area contributed by atoms with Crippen LogP contribution in [0.15, 0.2) is 72.9 Å². The Hall–Kier alpha value is -2.54. The number of halogens is 1. The summed E-state index contributed by atoms with van der Waals surface area (Å²) in [5, 5.41) is 3.81. The largest absolute Gasteiger partial charge is 0.354 e. The molecule has 3 aromatic rings. The van der Waals surface area contributed by atoms with Gasteiger partial charge in [0.15, 0.2) is 0 Å². The lowest BCUT2D eigenvalue weighted by Gasteiger charge is -2.33. The maximum absolute atomic E-state index is 12.6. The van der Waals surface area contributed by atoms with Crippen molar-refractivity contribution in [3.05, 3.63) is 94.6 Å². The van der Waals surface area contributed by atoms with Crippen LogP contribution in [0.3, 0.4) is 0 Å². The van der Waals surface area contributed by atoms with Crippen molar-refractivity contribution in [2.75, 3.05) is 43.9 Å². The number of nitrogens with zero attached hydrogens (tertiary/aromatic N) is 3. The second-order valence-corrected chi connectivity index (χ2v) is 9.77. The van der Waals surface area contributed by atoms with Gasteiger partial charge in [-0.05, 0) is 41.9 Å². The smallest absolute Gasteiger partial charge is 0.230 e. The number of likely N-dealkylation sites (N-methyl/N-ethyl adjacent to an activating group) is 1. The number of piperazine rings is 1. The molecule has 1 saturated heterocycles. The first-order valence-electron chi connectivity index (χ1n) is 11.2. The molecule has 0 bridgehead atoms. The predicted molar refractivity (Wildman–Crippen MR) is 138 cm³/mol. The van der Waals surface area contributed by atoms with Gasteiger partial charge >= 0.3 is 0 Å². The van der Waals surface area contributed by atoms with Crippen LogP contribution in [0.2, 0.25) is 5.02 Å². The highest BCUT2D eigenvalue weighted by molar-refractivity contribution is 8.00. The van der Waals surface area contributed by atoms with Gasteiger partial charge in [-0.1, -0.05) is 60.1 Å². The molecule has 5 nitrogen and oxygen atoms in total. The van der Waals surface area contributed by atoms with Crippen molar-refractivity contribution in [1.82, 2.24) is 15.2 Å². The van der Waals surface area contributed by atoms with E-state index in [4.69, 9.17) is 11.6 Å². The van der Waals surface area contributed by atoms with Crippen molar-refractivity contribution in [2.24, 2.45) is 0 Å². The number of aromatic nitrogens is 1. The lowest BCUT2D eigenvalue weighted by molar-refractivity contribution is -0.118. The van der Waals surface area contributed by atoms with Gasteiger partial charge in [0.25, 0.3) is 0 Å². The third-order valence-electron chi connectivity index (χ3n) is 5.78. The van der Waals surface area contributed by atoms with Crippen LogP contribution < -0.4 is 10.2 Å². The number of amides is 1. The van der Waals surface area contributed by atoms with Crippen molar-refractivity contribution >= 4 is 35.1 Å². The summed E-state index contributed by atoms with van der Waals surface area (Å²) in [5.74, 6) is 1.38. The van der Waals surface area contributed by atoms with E-state index >= 15 is 0 Å². The van der Waals surface area contributed by atoms with Crippen LogP contribution in [0, 0.1) is 0 Å². The molecular formula is C26H29ClN4OS. The number of hydrogen-bond acceptors (Lipinski definition) is 5. The Labute approximate surface area is 205 Å². The van der Waals surface area contributed by atoms with E-state index in [2.05, 4.69) is 45.3 Å². The zero-order valence-corrected chi connectivity index (χ0v) is 20.4. The molecule has 1 unspecified atom stereocenters. The van der Waals surface area contributed by atoms with Crippen molar-refractivity contribution in [3.63, 3.8) is 0 Å². The Bertz CT molecular complexity index is 1020. The molecule has 33 heavy (non-hydrogen) atoms. The number of carbonyl (C=O) groups excluding carboxylic acids is 1. The monoisotopic (exact) mass is 480 g/mol. The van der Waals surface area contributed by atoms with Crippen molar-refractivity contribution in [1.29, 1.82) is 0 Å². The number of hydrogen-bond donors (Lipinski definition) is 1. The lowest BCUT2D eigenvalue weighted by atomic mass is 10.0. The topological polar surface area (TPSA) is 48.5 Å². The molecule has 2 heterocycles. The second kappa shape index (κ2) is 11.5. The molecule has 7 heteroatoms. The van der Waals surface area contributed by atoms with Crippen LogP contribution in [0.1, 0.15) is 21.9 Å². The molecule has 1 aliphatic rings. The number of rotatable bonds is 8. The third kappa shape index (κ3) is 6.73. The maximum Gasteiger partial charge on any atom is 0.230 e. The van der Waals surface area contributed by atoms with E-state index in [-0.39, 0.29) is 11.2 Å². The van der Waals surface area contributed by atoms with Crippen LogP contribution in [-0.2, 0) is 11.3 Å². The average molecular weight is 481 g/mol. The highest BCUT2D eigenvalue weighted by Gasteiger charge is 2.17. The van der Waals surface area contributed by atoms with Gasteiger partial charge in [-0.2, -0.15) is 0 Å². The van der Waals surface area contributed by atoms with Gasteiger partial charge in [0.2, 0.25) is 5.91 Å². The number of benzene rings is 2. The molecule has 1 amide bonds. The average Bonchev–Trinajstić information content (AvgIpc) is 2.85. The summed E-state index contributed by atoms with van der Waals surface area (Å²) in [6.45, 7) is 4.57. The molecule has 1 aromatic heterocycles. The molecule has 2 aromatic carbocycles. The molecule has 1 aliphatic heterocycles. The van der Waals surface area contributed by atoms with Gasteiger partial charge in [-0.3, -0.25) is 4.79 Å². The summed E-state index contributed by atoms with van der Waals surface area (Å²) in [6, 6.07) is 22.2. The number of anilines is 1. The van der Waals surface area contributed by atoms with E-state index in [1.165, 1.54) is 5.56 Å². The molecule has 0 radical (unpaired) electrons. The minimum Gasteiger partial charge on any atom is -0.354 e. The first kappa shape index (κ1) is 23.6. The highest BCUT2D eigenvalue weighted by atomic mass is 35.5. The fourth-order valence-corrected chi connectivity index (χ4v) is 5.05. The van der Waals surface area contributed by atoms with Gasteiger partial charge in [-0.15, -0.1) is 11.8 Å². The third-order valence-corrected chi connectivity index (χ3v) is 7.34. The van der Waals surface area contributed by atoms with E-state index in [1.54, 1.807) is 11.8 Å².